The Labute approximate surface area is 131 Å². The Morgan fingerprint density at radius 2 is 1.90 bits per heavy atom. The number of amides is 1. The molecule has 1 saturated carbocycles. The minimum Gasteiger partial charge on any atom is -0.490 e. The molecule has 0 saturated heterocycles. The van der Waals surface area contributed by atoms with Gasteiger partial charge in [0.1, 0.15) is 5.75 Å². The van der Waals surface area contributed by atoms with Crippen LogP contribution in [-0.2, 0) is 0 Å². The van der Waals surface area contributed by atoms with E-state index in [1.54, 1.807) is 6.07 Å². The van der Waals surface area contributed by atoms with Crippen LogP contribution in [0.15, 0.2) is 45.7 Å². The van der Waals surface area contributed by atoms with E-state index in [-0.39, 0.29) is 5.91 Å². The van der Waals surface area contributed by atoms with Crippen LogP contribution >= 0.6 is 15.9 Å². The van der Waals surface area contributed by atoms with Crippen LogP contribution in [0.3, 0.4) is 0 Å². The first-order valence-corrected chi connectivity index (χ1v) is 7.83. The maximum absolute atomic E-state index is 12.0. The van der Waals surface area contributed by atoms with Gasteiger partial charge in [0.25, 0.3) is 5.91 Å². The van der Waals surface area contributed by atoms with E-state index >= 15 is 0 Å². The summed E-state index contributed by atoms with van der Waals surface area (Å²) >= 11 is 3.19. The Balaban J connectivity index is 1.61. The highest BCUT2D eigenvalue weighted by atomic mass is 79.9. The monoisotopic (exact) mass is 349 g/mol. The van der Waals surface area contributed by atoms with E-state index < -0.39 is 0 Å². The van der Waals surface area contributed by atoms with Crippen molar-refractivity contribution in [3.63, 3.8) is 0 Å². The lowest BCUT2D eigenvalue weighted by Gasteiger charge is -2.13. The van der Waals surface area contributed by atoms with Crippen LogP contribution in [0, 0.1) is 0 Å². The lowest BCUT2D eigenvalue weighted by Crippen LogP contribution is -2.12. The van der Waals surface area contributed by atoms with Gasteiger partial charge in [-0.1, -0.05) is 0 Å². The second kappa shape index (κ2) is 6.35. The molecule has 1 fully saturated rings. The van der Waals surface area contributed by atoms with Crippen molar-refractivity contribution >= 4 is 27.5 Å². The van der Waals surface area contributed by atoms with E-state index in [0.29, 0.717) is 16.3 Å². The van der Waals surface area contributed by atoms with Crippen LogP contribution in [0.25, 0.3) is 0 Å². The molecule has 1 amide bonds. The van der Waals surface area contributed by atoms with Crippen LogP contribution < -0.4 is 10.1 Å². The number of anilines is 1. The average Bonchev–Trinajstić information content (AvgIpc) is 3.12. The number of hydrogen-bond acceptors (Lipinski definition) is 3. The Morgan fingerprint density at radius 1 is 1.19 bits per heavy atom. The molecule has 110 valence electrons. The quantitative estimate of drug-likeness (QED) is 0.876. The van der Waals surface area contributed by atoms with Gasteiger partial charge in [0.2, 0.25) is 0 Å². The minimum atomic E-state index is -0.208. The fourth-order valence-electron chi connectivity index (χ4n) is 2.47. The highest BCUT2D eigenvalue weighted by Crippen LogP contribution is 2.25. The summed E-state index contributed by atoms with van der Waals surface area (Å²) in [4.78, 5) is 12.0. The predicted molar refractivity (Wildman–Crippen MR) is 83.7 cm³/mol. The first kappa shape index (κ1) is 14.2. The molecule has 1 aromatic heterocycles. The van der Waals surface area contributed by atoms with Crippen molar-refractivity contribution in [3.05, 3.63) is 46.8 Å². The first-order valence-electron chi connectivity index (χ1n) is 7.03. The van der Waals surface area contributed by atoms with Gasteiger partial charge in [-0.25, -0.2) is 0 Å². The molecule has 1 heterocycles. The second-order valence-corrected chi connectivity index (χ2v) is 5.83. The number of benzene rings is 1. The summed E-state index contributed by atoms with van der Waals surface area (Å²) < 4.78 is 11.4. The van der Waals surface area contributed by atoms with Crippen LogP contribution in [0.5, 0.6) is 5.75 Å². The van der Waals surface area contributed by atoms with Gasteiger partial charge < -0.3 is 14.5 Å². The van der Waals surface area contributed by atoms with E-state index in [9.17, 15) is 4.79 Å². The Hall–Kier alpha value is -1.75. The highest BCUT2D eigenvalue weighted by Gasteiger charge is 2.16. The summed E-state index contributed by atoms with van der Waals surface area (Å²) in [6.07, 6.45) is 6.57. The third-order valence-electron chi connectivity index (χ3n) is 3.58. The number of halogens is 1. The average molecular weight is 350 g/mol. The first-order chi connectivity index (χ1) is 10.2. The van der Waals surface area contributed by atoms with Crippen LogP contribution in [-0.4, -0.2) is 12.0 Å². The molecule has 5 heteroatoms. The fourth-order valence-corrected chi connectivity index (χ4v) is 2.89. The van der Waals surface area contributed by atoms with Gasteiger partial charge >= 0.3 is 0 Å². The molecule has 0 atom stereocenters. The van der Waals surface area contributed by atoms with Crippen molar-refractivity contribution in [3.8, 4) is 5.75 Å². The second-order valence-electron chi connectivity index (χ2n) is 5.11. The SMILES string of the molecule is O=C(Nc1ccc(OC2CCCC2)cc1)c1ccoc1Br. The summed E-state index contributed by atoms with van der Waals surface area (Å²) in [5.74, 6) is 0.643. The third-order valence-corrected chi connectivity index (χ3v) is 4.19. The summed E-state index contributed by atoms with van der Waals surface area (Å²) in [7, 11) is 0. The molecule has 0 radical (unpaired) electrons. The topological polar surface area (TPSA) is 51.5 Å². The lowest BCUT2D eigenvalue weighted by molar-refractivity contribution is 0.102. The number of rotatable bonds is 4. The Kier molecular flexibility index (Phi) is 4.29. The van der Waals surface area contributed by atoms with Crippen molar-refractivity contribution in [1.29, 1.82) is 0 Å². The standard InChI is InChI=1S/C16H16BrNO3/c17-15-14(9-10-20-15)16(19)18-11-5-7-13(8-6-11)21-12-3-1-2-4-12/h5-10,12H,1-4H2,(H,18,19). The fraction of sp³-hybridized carbons (Fsp3) is 0.312. The molecule has 1 aliphatic rings. The van der Waals surface area contributed by atoms with Crippen LogP contribution in [0.2, 0.25) is 0 Å². The molecule has 1 aromatic carbocycles. The highest BCUT2D eigenvalue weighted by molar-refractivity contribution is 9.10. The van der Waals surface area contributed by atoms with Gasteiger partial charge in [-0.2, -0.15) is 0 Å². The zero-order chi connectivity index (χ0) is 14.7. The van der Waals surface area contributed by atoms with Crippen molar-refractivity contribution in [2.24, 2.45) is 0 Å². The molecule has 21 heavy (non-hydrogen) atoms. The zero-order valence-corrected chi connectivity index (χ0v) is 13.1. The number of nitrogens with one attached hydrogen (secondary N) is 1. The number of carbonyl (C=O) groups excluding carboxylic acids is 1. The van der Waals surface area contributed by atoms with Crippen molar-refractivity contribution in [2.45, 2.75) is 31.8 Å². The molecule has 0 unspecified atom stereocenters. The predicted octanol–water partition coefficient (Wildman–Crippen LogP) is 4.62. The normalized spacial score (nSPS) is 15.1. The van der Waals surface area contributed by atoms with E-state index in [0.717, 1.165) is 24.3 Å². The molecule has 3 rings (SSSR count). The smallest absolute Gasteiger partial charge is 0.260 e. The summed E-state index contributed by atoms with van der Waals surface area (Å²) in [5.41, 5.74) is 1.20. The van der Waals surface area contributed by atoms with Gasteiger partial charge in [-0.3, -0.25) is 4.79 Å². The molecule has 1 N–H and O–H groups in total. The molecular weight excluding hydrogens is 334 g/mol. The lowest BCUT2D eigenvalue weighted by atomic mass is 10.2. The van der Waals surface area contributed by atoms with Crippen molar-refractivity contribution in [1.82, 2.24) is 0 Å². The maximum Gasteiger partial charge on any atom is 0.260 e. The van der Waals surface area contributed by atoms with Gasteiger partial charge in [-0.05, 0) is 71.9 Å². The largest absolute Gasteiger partial charge is 0.490 e. The van der Waals surface area contributed by atoms with E-state index in [1.165, 1.54) is 19.1 Å². The summed E-state index contributed by atoms with van der Waals surface area (Å²) in [6.45, 7) is 0. The van der Waals surface area contributed by atoms with Gasteiger partial charge in [0, 0.05) is 5.69 Å². The molecule has 0 spiro atoms. The number of carbonyl (C=O) groups is 1. The van der Waals surface area contributed by atoms with E-state index in [2.05, 4.69) is 21.2 Å². The molecule has 0 aliphatic heterocycles. The molecular formula is C16H16BrNO3. The van der Waals surface area contributed by atoms with Crippen molar-refractivity contribution < 1.29 is 13.9 Å². The number of hydrogen-bond donors (Lipinski definition) is 1. The molecule has 2 aromatic rings. The van der Waals surface area contributed by atoms with Gasteiger partial charge in [0.05, 0.1) is 17.9 Å². The summed E-state index contributed by atoms with van der Waals surface area (Å²) in [5, 5.41) is 2.82. The molecule has 0 bridgehead atoms. The van der Waals surface area contributed by atoms with Gasteiger partial charge in [0.15, 0.2) is 4.67 Å². The Morgan fingerprint density at radius 3 is 2.52 bits per heavy atom. The number of furan rings is 1. The van der Waals surface area contributed by atoms with Crippen molar-refractivity contribution in [2.75, 3.05) is 5.32 Å². The summed E-state index contributed by atoms with van der Waals surface area (Å²) in [6, 6.07) is 9.08. The zero-order valence-electron chi connectivity index (χ0n) is 11.5. The molecule has 4 nitrogen and oxygen atoms in total. The van der Waals surface area contributed by atoms with Gasteiger partial charge in [-0.15, -0.1) is 0 Å². The van der Waals surface area contributed by atoms with E-state index in [1.807, 2.05) is 24.3 Å². The minimum absolute atomic E-state index is 0.208. The maximum atomic E-state index is 12.0. The third kappa shape index (κ3) is 3.47. The van der Waals surface area contributed by atoms with E-state index in [4.69, 9.17) is 9.15 Å². The number of ether oxygens (including phenoxy) is 1. The molecule has 1 aliphatic carbocycles. The van der Waals surface area contributed by atoms with Crippen LogP contribution in [0.1, 0.15) is 36.0 Å². The van der Waals surface area contributed by atoms with Crippen LogP contribution in [0.4, 0.5) is 5.69 Å². The Bertz CT molecular complexity index is 615.